The van der Waals surface area contributed by atoms with Crippen molar-refractivity contribution in [1.82, 2.24) is 20.9 Å². The summed E-state index contributed by atoms with van der Waals surface area (Å²) in [6, 6.07) is 15.0. The summed E-state index contributed by atoms with van der Waals surface area (Å²) in [7, 11) is 4.67. The van der Waals surface area contributed by atoms with Gasteiger partial charge in [-0.1, -0.05) is 24.8 Å². The molecule has 1 aliphatic carbocycles. The minimum atomic E-state index is -0.885. The van der Waals surface area contributed by atoms with E-state index in [1.54, 1.807) is 62.9 Å². The number of carbonyl (C=O) groups excluding carboxylic acids is 3. The predicted molar refractivity (Wildman–Crippen MR) is 161 cm³/mol. The highest BCUT2D eigenvalue weighted by Gasteiger charge is 2.31. The Kier molecular flexibility index (Phi) is 9.80. The summed E-state index contributed by atoms with van der Waals surface area (Å²) < 4.78 is 10.5. The number of nitrogens with zero attached hydrogens (tertiary/aromatic N) is 2. The summed E-state index contributed by atoms with van der Waals surface area (Å²) in [4.78, 5) is 45.1. The molecule has 3 amide bonds. The minimum absolute atomic E-state index is 0.000187. The van der Waals surface area contributed by atoms with Crippen LogP contribution in [0, 0.1) is 6.92 Å². The zero-order valence-electron chi connectivity index (χ0n) is 24.3. The molecular formula is C32H37N5O5. The van der Waals surface area contributed by atoms with Gasteiger partial charge in [-0.2, -0.15) is 0 Å². The molecule has 1 aromatic heterocycles. The molecule has 0 bridgehead atoms. The van der Waals surface area contributed by atoms with Gasteiger partial charge in [0.25, 0.3) is 11.8 Å². The van der Waals surface area contributed by atoms with E-state index >= 15 is 0 Å². The van der Waals surface area contributed by atoms with Crippen LogP contribution >= 0.6 is 0 Å². The smallest absolute Gasteiger partial charge is 0.253 e. The number of rotatable bonds is 11. The van der Waals surface area contributed by atoms with E-state index in [0.29, 0.717) is 34.0 Å². The molecule has 1 aliphatic rings. The van der Waals surface area contributed by atoms with Crippen molar-refractivity contribution in [2.24, 2.45) is 0 Å². The van der Waals surface area contributed by atoms with Crippen LogP contribution in [0.5, 0.6) is 11.5 Å². The lowest BCUT2D eigenvalue weighted by Gasteiger charge is -2.26. The molecule has 3 atom stereocenters. The summed E-state index contributed by atoms with van der Waals surface area (Å²) >= 11 is 0. The second-order valence-corrected chi connectivity index (χ2v) is 10.1. The molecule has 0 saturated heterocycles. The van der Waals surface area contributed by atoms with Crippen LogP contribution < -0.4 is 30.3 Å². The molecule has 1 saturated carbocycles. The van der Waals surface area contributed by atoms with Gasteiger partial charge in [-0.3, -0.25) is 14.4 Å². The first-order valence-electron chi connectivity index (χ1n) is 13.8. The predicted octanol–water partition coefficient (Wildman–Crippen LogP) is 3.93. The van der Waals surface area contributed by atoms with Gasteiger partial charge in [0.05, 0.1) is 19.8 Å². The number of aromatic nitrogens is 1. The Morgan fingerprint density at radius 1 is 1.02 bits per heavy atom. The maximum absolute atomic E-state index is 13.1. The third-order valence-electron chi connectivity index (χ3n) is 7.59. The standard InChI is InChI=1S/C32H37N5O5/c1-6-37(24-14-13-23(18-24)35-31(39)26-8-7-9-27(42-5)20(26)2)28-17-12-22(19-34-28)30(38)36-29(32(40)33-3)21-10-15-25(41-4)16-11-21/h6-12,15-17,19,23-24,29H,1,13-14,18H2,2-5H3,(H,33,40)(H,35,39)(H,36,38). The number of nitrogens with one attached hydrogen (secondary N) is 3. The van der Waals surface area contributed by atoms with E-state index in [-0.39, 0.29) is 23.9 Å². The van der Waals surface area contributed by atoms with Crippen molar-refractivity contribution in [1.29, 1.82) is 0 Å². The fraction of sp³-hybridized carbons (Fsp3) is 0.312. The average molecular weight is 572 g/mol. The second-order valence-electron chi connectivity index (χ2n) is 10.1. The molecule has 220 valence electrons. The molecule has 0 aliphatic heterocycles. The van der Waals surface area contributed by atoms with Crippen molar-refractivity contribution in [2.45, 2.75) is 44.3 Å². The molecule has 3 N–H and O–H groups in total. The lowest BCUT2D eigenvalue weighted by Crippen LogP contribution is -2.39. The molecule has 1 fully saturated rings. The van der Waals surface area contributed by atoms with Crippen LogP contribution in [0.15, 0.2) is 73.6 Å². The first-order valence-corrected chi connectivity index (χ1v) is 13.8. The number of amides is 3. The molecule has 3 unspecified atom stereocenters. The molecule has 10 heteroatoms. The first-order chi connectivity index (χ1) is 20.3. The molecule has 4 rings (SSSR count). The third kappa shape index (κ3) is 6.71. The van der Waals surface area contributed by atoms with Gasteiger partial charge in [-0.05, 0) is 74.3 Å². The van der Waals surface area contributed by atoms with Crippen LogP contribution in [0.25, 0.3) is 0 Å². The average Bonchev–Trinajstić information content (AvgIpc) is 3.47. The second kappa shape index (κ2) is 13.7. The topological polar surface area (TPSA) is 122 Å². The number of hydrogen-bond acceptors (Lipinski definition) is 7. The monoisotopic (exact) mass is 571 g/mol. The number of hydrogen-bond donors (Lipinski definition) is 3. The van der Waals surface area contributed by atoms with Gasteiger partial charge >= 0.3 is 0 Å². The van der Waals surface area contributed by atoms with E-state index in [4.69, 9.17) is 9.47 Å². The van der Waals surface area contributed by atoms with Crippen molar-refractivity contribution >= 4 is 23.5 Å². The first kappa shape index (κ1) is 30.1. The number of anilines is 1. The summed E-state index contributed by atoms with van der Waals surface area (Å²) in [5.74, 6) is 1.06. The number of pyridine rings is 1. The minimum Gasteiger partial charge on any atom is -0.497 e. The van der Waals surface area contributed by atoms with E-state index in [1.165, 1.54) is 13.2 Å². The molecule has 2 aromatic carbocycles. The number of likely N-dealkylation sites (N-methyl/N-ethyl adjacent to an activating group) is 1. The Bertz CT molecular complexity index is 1420. The van der Waals surface area contributed by atoms with E-state index in [0.717, 1.165) is 24.8 Å². The fourth-order valence-electron chi connectivity index (χ4n) is 5.24. The molecule has 0 spiro atoms. The zero-order chi connectivity index (χ0) is 30.2. The largest absolute Gasteiger partial charge is 0.497 e. The number of benzene rings is 2. The van der Waals surface area contributed by atoms with Crippen molar-refractivity contribution in [3.63, 3.8) is 0 Å². The van der Waals surface area contributed by atoms with E-state index in [9.17, 15) is 14.4 Å². The van der Waals surface area contributed by atoms with Gasteiger partial charge in [0.15, 0.2) is 0 Å². The SMILES string of the molecule is C=CN(c1ccc(C(=O)NC(C(=O)NC)c2ccc(OC)cc2)cn1)C1CCC(NC(=O)c2cccc(OC)c2C)C1. The maximum atomic E-state index is 13.1. The van der Waals surface area contributed by atoms with Gasteiger partial charge < -0.3 is 30.3 Å². The lowest BCUT2D eigenvalue weighted by atomic mass is 10.1. The highest BCUT2D eigenvalue weighted by Crippen LogP contribution is 2.29. The Hall–Kier alpha value is -4.86. The summed E-state index contributed by atoms with van der Waals surface area (Å²) in [6.07, 6.45) is 5.58. The zero-order valence-corrected chi connectivity index (χ0v) is 24.3. The fourth-order valence-corrected chi connectivity index (χ4v) is 5.24. The van der Waals surface area contributed by atoms with Gasteiger partial charge in [-0.25, -0.2) is 4.98 Å². The van der Waals surface area contributed by atoms with Crippen molar-refractivity contribution in [3.05, 3.63) is 95.8 Å². The summed E-state index contributed by atoms with van der Waals surface area (Å²) in [5.41, 5.74) is 2.34. The van der Waals surface area contributed by atoms with E-state index in [1.807, 2.05) is 24.0 Å². The maximum Gasteiger partial charge on any atom is 0.253 e. The normalized spacial score (nSPS) is 16.6. The van der Waals surface area contributed by atoms with Crippen LogP contribution in [-0.2, 0) is 4.79 Å². The molecule has 1 heterocycles. The molecule has 0 radical (unpaired) electrons. The molecule has 10 nitrogen and oxygen atoms in total. The highest BCUT2D eigenvalue weighted by molar-refractivity contribution is 5.98. The van der Waals surface area contributed by atoms with Crippen LogP contribution in [0.2, 0.25) is 0 Å². The van der Waals surface area contributed by atoms with Gasteiger partial charge in [0.2, 0.25) is 5.91 Å². The highest BCUT2D eigenvalue weighted by atomic mass is 16.5. The molecule has 42 heavy (non-hydrogen) atoms. The van der Waals surface area contributed by atoms with Crippen molar-refractivity contribution < 1.29 is 23.9 Å². The molecular weight excluding hydrogens is 534 g/mol. The third-order valence-corrected chi connectivity index (χ3v) is 7.59. The van der Waals surface area contributed by atoms with Crippen molar-refractivity contribution in [2.75, 3.05) is 26.2 Å². The Labute approximate surface area is 246 Å². The number of methoxy groups -OCH3 is 2. The van der Waals surface area contributed by atoms with Crippen LogP contribution in [-0.4, -0.2) is 56.1 Å². The Balaban J connectivity index is 1.40. The molecule has 3 aromatic rings. The van der Waals surface area contributed by atoms with Gasteiger partial charge in [-0.15, -0.1) is 0 Å². The van der Waals surface area contributed by atoms with Crippen molar-refractivity contribution in [3.8, 4) is 11.5 Å². The summed E-state index contributed by atoms with van der Waals surface area (Å²) in [5, 5.41) is 8.54. The summed E-state index contributed by atoms with van der Waals surface area (Å²) in [6.45, 7) is 5.84. The van der Waals surface area contributed by atoms with Gasteiger partial charge in [0, 0.05) is 36.5 Å². The Morgan fingerprint density at radius 2 is 1.79 bits per heavy atom. The number of ether oxygens (including phenoxy) is 2. The van der Waals surface area contributed by atoms with Crippen LogP contribution in [0.1, 0.15) is 57.1 Å². The lowest BCUT2D eigenvalue weighted by molar-refractivity contribution is -0.122. The van der Waals surface area contributed by atoms with Gasteiger partial charge in [0.1, 0.15) is 23.4 Å². The van der Waals surface area contributed by atoms with E-state index in [2.05, 4.69) is 27.5 Å². The number of carbonyl (C=O) groups is 3. The van der Waals surface area contributed by atoms with E-state index < -0.39 is 11.9 Å². The van der Waals surface area contributed by atoms with Crippen LogP contribution in [0.4, 0.5) is 5.82 Å². The van der Waals surface area contributed by atoms with Crippen LogP contribution in [0.3, 0.4) is 0 Å². The Morgan fingerprint density at radius 3 is 2.40 bits per heavy atom. The quantitative estimate of drug-likeness (QED) is 0.319.